The molecule has 9 aromatic carbocycles. The second-order valence-electron chi connectivity index (χ2n) is 24.8. The van der Waals surface area contributed by atoms with E-state index >= 15 is 0 Å². The van der Waals surface area contributed by atoms with Crippen LogP contribution < -0.4 is 40.0 Å². The van der Waals surface area contributed by atoms with Crippen LogP contribution in [-0.2, 0) is 16.2 Å². The fourth-order valence-corrected chi connectivity index (χ4v) is 18.2. The Kier molecular flexibility index (Phi) is 10.9. The van der Waals surface area contributed by atoms with E-state index in [9.17, 15) is 0 Å². The first-order valence-corrected chi connectivity index (χ1v) is 29.8. The third kappa shape index (κ3) is 7.68. The van der Waals surface area contributed by atoms with Gasteiger partial charge in [0.2, 0.25) is 0 Å². The largest absolute Gasteiger partial charge is 0.458 e. The maximum atomic E-state index is 7.34. The van der Waals surface area contributed by atoms with Gasteiger partial charge >= 0.3 is 0 Å². The summed E-state index contributed by atoms with van der Waals surface area (Å²) in [6.07, 6.45) is 1.96. The highest BCUT2D eigenvalue weighted by Gasteiger charge is 2.54. The van der Waals surface area contributed by atoms with Crippen molar-refractivity contribution in [1.82, 2.24) is 9.55 Å². The number of hydrogen-bond donors (Lipinski definition) is 0. The van der Waals surface area contributed by atoms with Crippen LogP contribution in [0.4, 0.5) is 22.7 Å². The Balaban J connectivity index is 0.923. The second kappa shape index (κ2) is 17.7. The minimum Gasteiger partial charge on any atom is -0.458 e. The lowest BCUT2D eigenvalue weighted by Crippen LogP contribution is -2.74. The summed E-state index contributed by atoms with van der Waals surface area (Å²) in [4.78, 5) is 10.1. The smallest absolute Gasteiger partial charge is 0.189 e. The van der Waals surface area contributed by atoms with E-state index in [-0.39, 0.29) is 16.2 Å². The van der Waals surface area contributed by atoms with E-state index in [0.29, 0.717) is 6.67 Å². The molecule has 0 unspecified atom stereocenters. The minimum atomic E-state index is -2.97. The van der Waals surface area contributed by atoms with Crippen LogP contribution in [0, 0.1) is 0 Å². The molecule has 5 heterocycles. The van der Waals surface area contributed by atoms with Crippen LogP contribution in [0.15, 0.2) is 212 Å². The lowest BCUT2D eigenvalue weighted by atomic mass is 9.78. The van der Waals surface area contributed by atoms with E-state index in [1.54, 1.807) is 0 Å². The summed E-state index contributed by atoms with van der Waals surface area (Å²) in [5.41, 5.74) is 15.3. The number of hydrogen-bond acceptors (Lipinski definition) is 5. The number of rotatable bonds is 7. The maximum Gasteiger partial charge on any atom is 0.189 e. The van der Waals surface area contributed by atoms with E-state index in [4.69, 9.17) is 14.5 Å². The first kappa shape index (κ1) is 48.7. The molecule has 0 bridgehead atoms. The molecule has 0 N–H and O–H groups in total. The highest BCUT2D eigenvalue weighted by atomic mass is 28.3. The molecule has 6 nitrogen and oxygen atoms in total. The molecular formula is C72H64N4O2Si. The van der Waals surface area contributed by atoms with Gasteiger partial charge in [0, 0.05) is 45.9 Å². The molecule has 0 saturated carbocycles. The molecule has 3 aliphatic rings. The zero-order valence-electron chi connectivity index (χ0n) is 46.5. The number of nitrogens with zero attached hydrogens (tertiary/aromatic N) is 4. The number of pyridine rings is 1. The van der Waals surface area contributed by atoms with E-state index < -0.39 is 8.07 Å². The molecule has 0 amide bonds. The Morgan fingerprint density at radius 1 is 0.443 bits per heavy atom. The average Bonchev–Trinajstić information content (AvgIpc) is 2.16. The summed E-state index contributed by atoms with van der Waals surface area (Å²) in [6.45, 7) is 21.3. The first-order valence-electron chi connectivity index (χ1n) is 27.8. The summed E-state index contributed by atoms with van der Waals surface area (Å²) >= 11 is 0. The van der Waals surface area contributed by atoms with Gasteiger partial charge in [-0.3, -0.25) is 4.57 Å². The van der Waals surface area contributed by atoms with E-state index in [1.165, 1.54) is 76.2 Å². The number of fused-ring (bicyclic) bond motifs is 7. The molecule has 0 saturated heterocycles. The van der Waals surface area contributed by atoms with Gasteiger partial charge in [-0.15, -0.1) is 0 Å². The van der Waals surface area contributed by atoms with Gasteiger partial charge in [0.15, 0.2) is 8.07 Å². The normalized spacial score (nSPS) is 14.2. The molecule has 0 fully saturated rings. The van der Waals surface area contributed by atoms with Crippen LogP contribution in [0.2, 0.25) is 0 Å². The topological polar surface area (TPSA) is 42.8 Å². The molecule has 0 radical (unpaired) electrons. The number of benzene rings is 9. The SMILES string of the molecule is CC(C)(C)c1cc(-c2cccc(-c3ccccc3)c2N2CN(c3cccc(Oc4cc5c6c7c(cccc7n(-c7cc(C(C)(C)C)ccn7)c6c4)[Si]54c5ccccc5Oc5ccccc54)c3)c3ccccc32)cc(C(C)(C)C)c1. The van der Waals surface area contributed by atoms with Gasteiger partial charge in [-0.25, -0.2) is 4.98 Å². The summed E-state index contributed by atoms with van der Waals surface area (Å²) in [5, 5.41) is 7.72. The molecule has 11 aromatic rings. The van der Waals surface area contributed by atoms with Gasteiger partial charge in [0.25, 0.3) is 0 Å². The van der Waals surface area contributed by atoms with Crippen LogP contribution in [0.5, 0.6) is 23.0 Å². The predicted octanol–water partition coefficient (Wildman–Crippen LogP) is 16.2. The second-order valence-corrected chi connectivity index (χ2v) is 28.5. The lowest BCUT2D eigenvalue weighted by molar-refractivity contribution is 0.483. The van der Waals surface area contributed by atoms with Crippen molar-refractivity contribution < 1.29 is 9.47 Å². The number of ether oxygens (including phenoxy) is 2. The maximum absolute atomic E-state index is 7.34. The van der Waals surface area contributed by atoms with Gasteiger partial charge < -0.3 is 19.3 Å². The Morgan fingerprint density at radius 3 is 1.71 bits per heavy atom. The number of para-hydroxylation sites is 5. The van der Waals surface area contributed by atoms with Crippen molar-refractivity contribution >= 4 is 73.4 Å². The Morgan fingerprint density at radius 2 is 1.03 bits per heavy atom. The van der Waals surface area contributed by atoms with E-state index in [1.807, 2.05) is 6.20 Å². The zero-order chi connectivity index (χ0) is 54.2. The van der Waals surface area contributed by atoms with Crippen LogP contribution >= 0.6 is 0 Å². The van der Waals surface area contributed by atoms with Crippen molar-refractivity contribution in [2.24, 2.45) is 0 Å². The minimum absolute atomic E-state index is 0.0388. The number of anilines is 4. The fourth-order valence-electron chi connectivity index (χ4n) is 12.8. The quantitative estimate of drug-likeness (QED) is 0.149. The van der Waals surface area contributed by atoms with Gasteiger partial charge in [-0.05, 0) is 125 Å². The summed E-state index contributed by atoms with van der Waals surface area (Å²) in [6, 6.07) is 75.8. The molecule has 2 aromatic heterocycles. The molecule has 14 rings (SSSR count). The Bertz CT molecular complexity index is 4190. The van der Waals surface area contributed by atoms with Crippen molar-refractivity contribution in [3.63, 3.8) is 0 Å². The standard InChI is InChI=1S/C72H64N4O2Si/c1-70(2,3)48-36-37-73-66(41-48)76-58-30-21-35-64-67(58)68-59(76)43-53(44-65(68)79(64)62-33-17-15-31-60(62)78-61-32-16-18-34-63(61)79)77-52-25-19-24-51(42-52)74-45-75(57-29-14-13-28-56(57)74)69-54(46-22-11-10-12-23-46)26-20-27-55(69)47-38-49(71(4,5)6)40-50(39-47)72(7,8)9/h10-44H,45H2,1-9H3. The highest BCUT2D eigenvalue weighted by molar-refractivity contribution is 7.24. The van der Waals surface area contributed by atoms with Crippen molar-refractivity contribution in [2.45, 2.75) is 78.6 Å². The number of aromatic nitrogens is 2. The van der Waals surface area contributed by atoms with Crippen molar-refractivity contribution in [2.75, 3.05) is 16.5 Å². The molecule has 7 heteroatoms. The molecule has 0 aliphatic carbocycles. The van der Waals surface area contributed by atoms with Crippen molar-refractivity contribution in [1.29, 1.82) is 0 Å². The van der Waals surface area contributed by atoms with Gasteiger partial charge in [-0.2, -0.15) is 0 Å². The third-order valence-electron chi connectivity index (χ3n) is 16.8. The van der Waals surface area contributed by atoms with E-state index in [2.05, 4.69) is 283 Å². The molecule has 1 spiro atoms. The summed E-state index contributed by atoms with van der Waals surface area (Å²) in [5.74, 6) is 4.27. The van der Waals surface area contributed by atoms with Gasteiger partial charge in [0.1, 0.15) is 35.5 Å². The molecular weight excluding hydrogens is 981 g/mol. The van der Waals surface area contributed by atoms with Crippen LogP contribution in [0.25, 0.3) is 49.9 Å². The average molecular weight is 1050 g/mol. The first-order chi connectivity index (χ1) is 38.1. The zero-order valence-corrected chi connectivity index (χ0v) is 47.5. The predicted molar refractivity (Wildman–Crippen MR) is 331 cm³/mol. The third-order valence-corrected chi connectivity index (χ3v) is 21.7. The van der Waals surface area contributed by atoms with Gasteiger partial charge in [-0.1, -0.05) is 196 Å². The van der Waals surface area contributed by atoms with Crippen LogP contribution in [-0.4, -0.2) is 24.3 Å². The molecule has 3 aliphatic heterocycles. The molecule has 79 heavy (non-hydrogen) atoms. The summed E-state index contributed by atoms with van der Waals surface area (Å²) < 4.78 is 16.5. The Labute approximate surface area is 465 Å². The van der Waals surface area contributed by atoms with Crippen molar-refractivity contribution in [3.8, 4) is 51.1 Å². The van der Waals surface area contributed by atoms with Crippen LogP contribution in [0.1, 0.15) is 79.0 Å². The highest BCUT2D eigenvalue weighted by Crippen LogP contribution is 2.51. The summed E-state index contributed by atoms with van der Waals surface area (Å²) in [7, 11) is -2.97. The molecule has 0 atom stereocenters. The van der Waals surface area contributed by atoms with Crippen LogP contribution in [0.3, 0.4) is 0 Å². The van der Waals surface area contributed by atoms with E-state index in [0.717, 1.165) is 56.9 Å². The molecule has 388 valence electrons. The Hall–Kier alpha value is -8.65. The van der Waals surface area contributed by atoms with Crippen molar-refractivity contribution in [3.05, 3.63) is 229 Å². The van der Waals surface area contributed by atoms with Gasteiger partial charge in [0.05, 0.1) is 28.1 Å². The monoisotopic (exact) mass is 1040 g/mol. The fraction of sp³-hybridized carbons (Fsp3) is 0.181. The lowest BCUT2D eigenvalue weighted by Gasteiger charge is -2.38.